The van der Waals surface area contributed by atoms with E-state index in [1.54, 1.807) is 37.0 Å². The van der Waals surface area contributed by atoms with Crippen LogP contribution in [0.4, 0.5) is 19.3 Å². The Kier molecular flexibility index (Phi) is 9.40. The van der Waals surface area contributed by atoms with E-state index in [1.165, 1.54) is 18.9 Å². The van der Waals surface area contributed by atoms with Gasteiger partial charge in [0.05, 0.1) is 12.0 Å². The number of carbonyl (C=O) groups is 3. The highest BCUT2D eigenvalue weighted by molar-refractivity contribution is 8.32. The smallest absolute Gasteiger partial charge is 0.328 e. The molecule has 0 saturated heterocycles. The summed E-state index contributed by atoms with van der Waals surface area (Å²) in [6.45, 7) is 1.69. The van der Waals surface area contributed by atoms with Crippen molar-refractivity contribution >= 4 is 33.6 Å². The molecule has 1 aliphatic rings. The Hall–Kier alpha value is -4.12. The number of hydrogen-bond acceptors (Lipinski definition) is 5. The lowest BCUT2D eigenvalue weighted by molar-refractivity contribution is -0.146. The normalized spacial score (nSPS) is 15.7. The molecule has 1 heterocycles. The number of amides is 3. The molecule has 0 aromatic heterocycles. The molecule has 0 aliphatic carbocycles. The second kappa shape index (κ2) is 12.8. The maximum absolute atomic E-state index is 14.9. The van der Waals surface area contributed by atoms with Crippen LogP contribution in [0.5, 0.6) is 5.75 Å². The molecule has 11 heteroatoms. The number of anilines is 1. The van der Waals surface area contributed by atoms with Crippen LogP contribution in [0.3, 0.4) is 0 Å². The van der Waals surface area contributed by atoms with E-state index in [9.17, 15) is 23.2 Å². The Morgan fingerprint density at radius 2 is 1.69 bits per heavy atom. The number of esters is 1. The van der Waals surface area contributed by atoms with Crippen LogP contribution in [-0.2, 0) is 27.4 Å². The molecule has 224 valence electrons. The fourth-order valence-corrected chi connectivity index (χ4v) is 6.13. The van der Waals surface area contributed by atoms with Gasteiger partial charge in [0.15, 0.2) is 0 Å². The van der Waals surface area contributed by atoms with Gasteiger partial charge in [0.2, 0.25) is 0 Å². The summed E-state index contributed by atoms with van der Waals surface area (Å²) >= 11 is 0. The zero-order chi connectivity index (χ0) is 30.6. The highest BCUT2D eigenvalue weighted by Crippen LogP contribution is 2.48. The molecule has 0 unspecified atom stereocenters. The van der Waals surface area contributed by atoms with E-state index in [0.29, 0.717) is 17.7 Å². The van der Waals surface area contributed by atoms with E-state index < -0.39 is 51.7 Å². The number of carbonyl (C=O) groups excluding carboxylic acids is 3. The van der Waals surface area contributed by atoms with Gasteiger partial charge in [0.1, 0.15) is 36.1 Å². The van der Waals surface area contributed by atoms with Crippen LogP contribution in [0.25, 0.3) is 0 Å². The first-order valence-electron chi connectivity index (χ1n) is 13.3. The van der Waals surface area contributed by atoms with Gasteiger partial charge in [-0.25, -0.2) is 28.4 Å². The van der Waals surface area contributed by atoms with Gasteiger partial charge in [-0.3, -0.25) is 4.79 Å². The van der Waals surface area contributed by atoms with E-state index in [1.807, 2.05) is 30.3 Å². The van der Waals surface area contributed by atoms with E-state index in [4.69, 9.17) is 9.47 Å². The third-order valence-corrected chi connectivity index (χ3v) is 8.50. The first kappa shape index (κ1) is 30.8. The van der Waals surface area contributed by atoms with Crippen molar-refractivity contribution in [2.75, 3.05) is 37.7 Å². The molecule has 3 aromatic rings. The first-order chi connectivity index (χ1) is 19.9. The molecule has 4 rings (SSSR count). The monoisotopic (exact) mass is 599 g/mol. The van der Waals surface area contributed by atoms with Gasteiger partial charge in [-0.05, 0) is 73.1 Å². The molecular formula is C31H35F2N3O5S. The zero-order valence-corrected chi connectivity index (χ0v) is 25.0. The molecule has 3 amide bonds. The predicted octanol–water partition coefficient (Wildman–Crippen LogP) is 5.41. The van der Waals surface area contributed by atoms with Crippen molar-refractivity contribution in [3.05, 3.63) is 89.0 Å². The number of fused-ring (bicyclic) bond motifs is 1. The topological polar surface area (TPSA) is 97.0 Å². The van der Waals surface area contributed by atoms with Gasteiger partial charge in [-0.15, -0.1) is 0 Å². The number of nitrogens with zero attached hydrogens (tertiary/aromatic N) is 1. The molecule has 2 atom stereocenters. The van der Waals surface area contributed by atoms with Gasteiger partial charge in [-0.2, -0.15) is 0 Å². The molecule has 42 heavy (non-hydrogen) atoms. The van der Waals surface area contributed by atoms with Crippen LogP contribution in [0.2, 0.25) is 0 Å². The molecule has 0 spiro atoms. The van der Waals surface area contributed by atoms with Crippen LogP contribution >= 0.6 is 10.0 Å². The third-order valence-electron chi connectivity index (χ3n) is 6.88. The summed E-state index contributed by atoms with van der Waals surface area (Å²) in [6, 6.07) is 13.6. The standard InChI is InChI=1S/C31H35F2N3O5S/c1-19(30(38)41-18-20-9-7-6-8-10-20)34-31(39)36-14-13-21-15-23(40-2)11-12-24(21)27(36)29(37)35-22-16-25(32)28(26(33)17-22)42(3,4)5/h6-12,15-17,19,27H,13-14,18H2,1-5H3,(H,34,39)(H,35,37)/t19-,27-/m1/s1. The van der Waals surface area contributed by atoms with Crippen molar-refractivity contribution < 1.29 is 32.6 Å². The molecule has 1 aliphatic heterocycles. The number of halogens is 2. The zero-order valence-electron chi connectivity index (χ0n) is 24.2. The summed E-state index contributed by atoms with van der Waals surface area (Å²) in [7, 11) is -0.182. The SMILES string of the molecule is COc1ccc2c(c1)CCN(C(=O)N[C@H](C)C(=O)OCc1ccccc1)[C@H]2C(=O)Nc1cc(F)c(S(C)(C)C)c(F)c1. The third kappa shape index (κ3) is 7.02. The average molecular weight is 600 g/mol. The molecule has 2 N–H and O–H groups in total. The lowest BCUT2D eigenvalue weighted by Gasteiger charge is -2.37. The molecular weight excluding hydrogens is 564 g/mol. The molecule has 0 saturated carbocycles. The van der Waals surface area contributed by atoms with Crippen LogP contribution in [0.15, 0.2) is 65.6 Å². The minimum absolute atomic E-state index is 0.00949. The summed E-state index contributed by atoms with van der Waals surface area (Å²) in [4.78, 5) is 41.0. The van der Waals surface area contributed by atoms with Crippen LogP contribution < -0.4 is 15.4 Å². The number of methoxy groups -OCH3 is 1. The Labute approximate surface area is 245 Å². The molecule has 0 bridgehead atoms. The van der Waals surface area contributed by atoms with Gasteiger partial charge in [0, 0.05) is 12.2 Å². The van der Waals surface area contributed by atoms with Crippen LogP contribution in [0.1, 0.15) is 29.7 Å². The van der Waals surface area contributed by atoms with Gasteiger partial charge in [0.25, 0.3) is 5.91 Å². The lowest BCUT2D eigenvalue weighted by atomic mass is 9.91. The fraction of sp³-hybridized carbons (Fsp3) is 0.323. The highest BCUT2D eigenvalue weighted by Gasteiger charge is 2.37. The van der Waals surface area contributed by atoms with Crippen molar-refractivity contribution in [1.29, 1.82) is 0 Å². The second-order valence-corrected chi connectivity index (χ2v) is 14.9. The number of nitrogens with one attached hydrogen (secondary N) is 2. The quantitative estimate of drug-likeness (QED) is 0.338. The Morgan fingerprint density at radius 3 is 2.31 bits per heavy atom. The van der Waals surface area contributed by atoms with Crippen molar-refractivity contribution in [2.45, 2.75) is 36.9 Å². The highest BCUT2D eigenvalue weighted by atomic mass is 32.3. The van der Waals surface area contributed by atoms with Crippen molar-refractivity contribution in [3.63, 3.8) is 0 Å². The van der Waals surface area contributed by atoms with Crippen LogP contribution in [-0.4, -0.2) is 61.3 Å². The van der Waals surface area contributed by atoms with E-state index in [0.717, 1.165) is 23.3 Å². The van der Waals surface area contributed by atoms with Crippen molar-refractivity contribution in [1.82, 2.24) is 10.2 Å². The minimum atomic E-state index is -1.71. The van der Waals surface area contributed by atoms with Gasteiger partial charge < -0.3 is 25.0 Å². The van der Waals surface area contributed by atoms with Gasteiger partial charge >= 0.3 is 12.0 Å². The maximum Gasteiger partial charge on any atom is 0.328 e. The van der Waals surface area contributed by atoms with Crippen molar-refractivity contribution in [2.24, 2.45) is 0 Å². The summed E-state index contributed by atoms with van der Waals surface area (Å²) in [5, 5.41) is 5.21. The average Bonchev–Trinajstić information content (AvgIpc) is 2.94. The van der Waals surface area contributed by atoms with Crippen LogP contribution in [0, 0.1) is 11.6 Å². The minimum Gasteiger partial charge on any atom is -0.497 e. The fourth-order valence-electron chi connectivity index (χ4n) is 4.84. The van der Waals surface area contributed by atoms with Gasteiger partial charge in [-0.1, -0.05) is 36.4 Å². The second-order valence-electron chi connectivity index (χ2n) is 10.8. The largest absolute Gasteiger partial charge is 0.497 e. The van der Waals surface area contributed by atoms with E-state index in [-0.39, 0.29) is 23.7 Å². The summed E-state index contributed by atoms with van der Waals surface area (Å²) in [5.41, 5.74) is 2.05. The maximum atomic E-state index is 14.9. The first-order valence-corrected chi connectivity index (χ1v) is 16.2. The Balaban J connectivity index is 1.56. The number of rotatable bonds is 8. The number of hydrogen-bond donors (Lipinski definition) is 2. The Morgan fingerprint density at radius 1 is 1.02 bits per heavy atom. The molecule has 8 nitrogen and oxygen atoms in total. The predicted molar refractivity (Wildman–Crippen MR) is 159 cm³/mol. The summed E-state index contributed by atoms with van der Waals surface area (Å²) in [5.74, 6) is -2.21. The summed E-state index contributed by atoms with van der Waals surface area (Å²) in [6.07, 6.45) is 5.74. The molecule has 3 aromatic carbocycles. The Bertz CT molecular complexity index is 1460. The lowest BCUT2D eigenvalue weighted by Crippen LogP contribution is -2.52. The number of benzene rings is 3. The van der Waals surface area contributed by atoms with E-state index in [2.05, 4.69) is 10.6 Å². The molecule has 0 fully saturated rings. The molecule has 0 radical (unpaired) electrons. The summed E-state index contributed by atoms with van der Waals surface area (Å²) < 4.78 is 40.5. The number of ether oxygens (including phenoxy) is 2. The van der Waals surface area contributed by atoms with Crippen molar-refractivity contribution in [3.8, 4) is 5.75 Å². The number of urea groups is 1. The van der Waals surface area contributed by atoms with E-state index >= 15 is 0 Å².